The lowest BCUT2D eigenvalue weighted by Crippen LogP contribution is -2.07. The smallest absolute Gasteiger partial charge is 0.0512 e. The van der Waals surface area contributed by atoms with Crippen molar-refractivity contribution in [1.29, 1.82) is 0 Å². The lowest BCUT2D eigenvalue weighted by Gasteiger charge is -2.14. The van der Waals surface area contributed by atoms with E-state index in [1.54, 1.807) is 0 Å². The van der Waals surface area contributed by atoms with Crippen molar-refractivity contribution in [2.75, 3.05) is 0 Å². The van der Waals surface area contributed by atoms with Crippen LogP contribution in [0.15, 0.2) is 30.5 Å². The van der Waals surface area contributed by atoms with E-state index in [-0.39, 0.29) is 0 Å². The van der Waals surface area contributed by atoms with Gasteiger partial charge in [0, 0.05) is 12.7 Å². The van der Waals surface area contributed by atoms with E-state index in [0.717, 1.165) is 18.9 Å². The first-order valence-corrected chi connectivity index (χ1v) is 6.83. The molecule has 1 unspecified atom stereocenters. The molecule has 1 aromatic carbocycles. The molecule has 1 nitrogen and oxygen atoms in total. The molecule has 0 spiro atoms. The summed E-state index contributed by atoms with van der Waals surface area (Å²) in [6, 6.07) is 8.88. The van der Waals surface area contributed by atoms with Crippen LogP contribution in [-0.4, -0.2) is 4.57 Å². The molecule has 0 saturated heterocycles. The number of fused-ring (bicyclic) bond motifs is 1. The number of hydrogen-bond donors (Lipinski definition) is 0. The number of para-hydroxylation sites is 1. The third-order valence-corrected chi connectivity index (χ3v) is 3.54. The Kier molecular flexibility index (Phi) is 3.88. The van der Waals surface area contributed by atoms with Crippen LogP contribution in [0.2, 0.25) is 0 Å². The van der Waals surface area contributed by atoms with Gasteiger partial charge in [-0.3, -0.25) is 0 Å². The van der Waals surface area contributed by atoms with Gasteiger partial charge in [0.2, 0.25) is 0 Å². The normalized spacial score (nSPS) is 13.1. The summed E-state index contributed by atoms with van der Waals surface area (Å²) < 4.78 is 2.44. The fourth-order valence-corrected chi connectivity index (χ4v) is 2.70. The molecule has 0 radical (unpaired) electrons. The van der Waals surface area contributed by atoms with Crippen LogP contribution in [-0.2, 0) is 13.0 Å². The second-order valence-electron chi connectivity index (χ2n) is 5.07. The molecular weight excluding hydrogens is 206 g/mol. The molecule has 0 aliphatic carbocycles. The fraction of sp³-hybridized carbons (Fsp3) is 0.500. The zero-order chi connectivity index (χ0) is 12.3. The monoisotopic (exact) mass is 229 g/mol. The van der Waals surface area contributed by atoms with Gasteiger partial charge in [-0.2, -0.15) is 0 Å². The van der Waals surface area contributed by atoms with Gasteiger partial charge >= 0.3 is 0 Å². The van der Waals surface area contributed by atoms with Gasteiger partial charge in [-0.15, -0.1) is 0 Å². The molecule has 0 aliphatic heterocycles. The standard InChI is InChI=1S/C16H23N/c1-4-7-13(3)12-17-11-10-15-9-6-8-14(5-2)16(15)17/h6,8-11,13H,4-5,7,12H2,1-3H3. The molecule has 0 bridgehead atoms. The summed E-state index contributed by atoms with van der Waals surface area (Å²) >= 11 is 0. The molecule has 2 aromatic rings. The Balaban J connectivity index is 2.34. The van der Waals surface area contributed by atoms with Gasteiger partial charge in [0.05, 0.1) is 5.52 Å². The van der Waals surface area contributed by atoms with Crippen LogP contribution >= 0.6 is 0 Å². The summed E-state index contributed by atoms with van der Waals surface area (Å²) in [6.07, 6.45) is 5.95. The summed E-state index contributed by atoms with van der Waals surface area (Å²) in [6.45, 7) is 8.00. The molecule has 1 atom stereocenters. The maximum Gasteiger partial charge on any atom is 0.0512 e. The van der Waals surface area contributed by atoms with Crippen molar-refractivity contribution in [1.82, 2.24) is 4.57 Å². The van der Waals surface area contributed by atoms with E-state index in [9.17, 15) is 0 Å². The van der Waals surface area contributed by atoms with Crippen molar-refractivity contribution in [2.45, 2.75) is 46.6 Å². The van der Waals surface area contributed by atoms with Crippen LogP contribution in [0.5, 0.6) is 0 Å². The largest absolute Gasteiger partial charge is 0.347 e. The SMILES string of the molecule is CCCC(C)Cn1ccc2cccc(CC)c21. The molecule has 0 amide bonds. The second kappa shape index (κ2) is 5.39. The molecule has 17 heavy (non-hydrogen) atoms. The molecule has 0 saturated carbocycles. The van der Waals surface area contributed by atoms with E-state index in [2.05, 4.69) is 55.8 Å². The number of aryl methyl sites for hydroxylation is 1. The lowest BCUT2D eigenvalue weighted by molar-refractivity contribution is 0.453. The van der Waals surface area contributed by atoms with Gasteiger partial charge in [-0.1, -0.05) is 45.4 Å². The lowest BCUT2D eigenvalue weighted by atomic mass is 10.1. The summed E-state index contributed by atoms with van der Waals surface area (Å²) in [5.41, 5.74) is 2.91. The molecule has 0 aliphatic rings. The molecule has 1 heterocycles. The molecule has 1 heteroatoms. The van der Waals surface area contributed by atoms with Crippen molar-refractivity contribution in [2.24, 2.45) is 5.92 Å². The Morgan fingerprint density at radius 2 is 2.00 bits per heavy atom. The van der Waals surface area contributed by atoms with Crippen LogP contribution in [0, 0.1) is 5.92 Å². The van der Waals surface area contributed by atoms with Crippen molar-refractivity contribution in [3.8, 4) is 0 Å². The number of benzene rings is 1. The van der Waals surface area contributed by atoms with E-state index in [1.165, 1.54) is 29.3 Å². The third kappa shape index (κ3) is 2.54. The van der Waals surface area contributed by atoms with Crippen LogP contribution in [0.25, 0.3) is 10.9 Å². The predicted octanol–water partition coefficient (Wildman–Crippen LogP) is 4.64. The van der Waals surface area contributed by atoms with Crippen molar-refractivity contribution >= 4 is 10.9 Å². The van der Waals surface area contributed by atoms with Crippen molar-refractivity contribution in [3.63, 3.8) is 0 Å². The van der Waals surface area contributed by atoms with E-state index in [1.807, 2.05) is 0 Å². The maximum absolute atomic E-state index is 2.44. The number of nitrogens with zero attached hydrogens (tertiary/aromatic N) is 1. The Morgan fingerprint density at radius 3 is 2.71 bits per heavy atom. The summed E-state index contributed by atoms with van der Waals surface area (Å²) in [4.78, 5) is 0. The first-order chi connectivity index (χ1) is 8.26. The van der Waals surface area contributed by atoms with Crippen LogP contribution < -0.4 is 0 Å². The molecule has 0 fully saturated rings. The average molecular weight is 229 g/mol. The van der Waals surface area contributed by atoms with Gasteiger partial charge in [0.15, 0.2) is 0 Å². The summed E-state index contributed by atoms with van der Waals surface area (Å²) in [5.74, 6) is 0.764. The number of aromatic nitrogens is 1. The van der Waals surface area contributed by atoms with Gasteiger partial charge < -0.3 is 4.57 Å². The van der Waals surface area contributed by atoms with Crippen LogP contribution in [0.1, 0.15) is 39.2 Å². The molecule has 92 valence electrons. The Bertz CT molecular complexity index is 481. The quantitative estimate of drug-likeness (QED) is 0.704. The second-order valence-corrected chi connectivity index (χ2v) is 5.07. The van der Waals surface area contributed by atoms with Gasteiger partial charge in [-0.25, -0.2) is 0 Å². The highest BCUT2D eigenvalue weighted by atomic mass is 15.0. The highest BCUT2D eigenvalue weighted by molar-refractivity contribution is 5.83. The first kappa shape index (κ1) is 12.2. The van der Waals surface area contributed by atoms with Crippen molar-refractivity contribution in [3.05, 3.63) is 36.0 Å². The van der Waals surface area contributed by atoms with E-state index in [4.69, 9.17) is 0 Å². The Morgan fingerprint density at radius 1 is 1.18 bits per heavy atom. The van der Waals surface area contributed by atoms with Crippen molar-refractivity contribution < 1.29 is 0 Å². The van der Waals surface area contributed by atoms with Gasteiger partial charge in [0.1, 0.15) is 0 Å². The zero-order valence-corrected chi connectivity index (χ0v) is 11.2. The molecular formula is C16H23N. The third-order valence-electron chi connectivity index (χ3n) is 3.54. The Hall–Kier alpha value is -1.24. The van der Waals surface area contributed by atoms with E-state index < -0.39 is 0 Å². The fourth-order valence-electron chi connectivity index (χ4n) is 2.70. The number of hydrogen-bond acceptors (Lipinski definition) is 0. The minimum absolute atomic E-state index is 0.764. The number of rotatable bonds is 5. The summed E-state index contributed by atoms with van der Waals surface area (Å²) in [7, 11) is 0. The van der Waals surface area contributed by atoms with Gasteiger partial charge in [0.25, 0.3) is 0 Å². The zero-order valence-electron chi connectivity index (χ0n) is 11.2. The highest BCUT2D eigenvalue weighted by Gasteiger charge is 2.08. The summed E-state index contributed by atoms with van der Waals surface area (Å²) in [5, 5.41) is 1.38. The maximum atomic E-state index is 2.44. The highest BCUT2D eigenvalue weighted by Crippen LogP contribution is 2.22. The first-order valence-electron chi connectivity index (χ1n) is 6.83. The Labute approximate surface area is 104 Å². The predicted molar refractivity (Wildman–Crippen MR) is 75.4 cm³/mol. The van der Waals surface area contributed by atoms with E-state index >= 15 is 0 Å². The van der Waals surface area contributed by atoms with E-state index in [0.29, 0.717) is 0 Å². The molecule has 1 aromatic heterocycles. The van der Waals surface area contributed by atoms with Crippen LogP contribution in [0.3, 0.4) is 0 Å². The molecule has 0 N–H and O–H groups in total. The minimum Gasteiger partial charge on any atom is -0.347 e. The average Bonchev–Trinajstić information content (AvgIpc) is 2.73. The van der Waals surface area contributed by atoms with Gasteiger partial charge in [-0.05, 0) is 35.8 Å². The minimum atomic E-state index is 0.764. The topological polar surface area (TPSA) is 4.93 Å². The molecule has 2 rings (SSSR count). The van der Waals surface area contributed by atoms with Crippen LogP contribution in [0.4, 0.5) is 0 Å².